The van der Waals surface area contributed by atoms with Gasteiger partial charge in [0, 0.05) is 24.3 Å². The molecule has 0 spiro atoms. The lowest BCUT2D eigenvalue weighted by atomic mass is 10.2. The molecule has 0 aliphatic carbocycles. The molecule has 1 saturated heterocycles. The summed E-state index contributed by atoms with van der Waals surface area (Å²) in [6.45, 7) is 5.21. The summed E-state index contributed by atoms with van der Waals surface area (Å²) in [4.78, 5) is 13.8. The van der Waals surface area contributed by atoms with Gasteiger partial charge in [-0.25, -0.2) is 8.42 Å². The van der Waals surface area contributed by atoms with Gasteiger partial charge in [0.1, 0.15) is 6.54 Å². The highest BCUT2D eigenvalue weighted by Gasteiger charge is 2.27. The maximum atomic E-state index is 12.6. The van der Waals surface area contributed by atoms with Crippen molar-refractivity contribution in [2.75, 3.05) is 31.5 Å². The van der Waals surface area contributed by atoms with Crippen LogP contribution in [0.25, 0.3) is 0 Å². The molecule has 1 aliphatic heterocycles. The second-order valence-electron chi connectivity index (χ2n) is 7.13. The van der Waals surface area contributed by atoms with Crippen molar-refractivity contribution in [1.29, 1.82) is 0 Å². The lowest BCUT2D eigenvalue weighted by Crippen LogP contribution is -3.11. The van der Waals surface area contributed by atoms with Crippen molar-refractivity contribution in [1.82, 2.24) is 4.31 Å². The van der Waals surface area contributed by atoms with E-state index in [0.717, 1.165) is 30.8 Å². The predicted molar refractivity (Wildman–Crippen MR) is 110 cm³/mol. The van der Waals surface area contributed by atoms with Crippen molar-refractivity contribution in [2.45, 2.75) is 31.2 Å². The molecule has 150 valence electrons. The molecule has 1 atom stereocenters. The fraction of sp³-hybridized carbons (Fsp3) is 0.381. The molecular weight excluding hydrogens is 374 g/mol. The van der Waals surface area contributed by atoms with E-state index in [2.05, 4.69) is 24.4 Å². The monoisotopic (exact) mass is 402 g/mol. The Morgan fingerprint density at radius 3 is 2.29 bits per heavy atom. The summed E-state index contributed by atoms with van der Waals surface area (Å²) in [6, 6.07) is 16.6. The number of hydrogen-bond acceptors (Lipinski definition) is 3. The van der Waals surface area contributed by atoms with Crippen LogP contribution in [0, 0.1) is 0 Å². The van der Waals surface area contributed by atoms with E-state index in [0.29, 0.717) is 25.3 Å². The van der Waals surface area contributed by atoms with Crippen LogP contribution < -0.4 is 10.2 Å². The third kappa shape index (κ3) is 5.19. The Morgan fingerprint density at radius 1 is 1.04 bits per heavy atom. The van der Waals surface area contributed by atoms with Gasteiger partial charge >= 0.3 is 0 Å². The SMILES string of the molecule is CC[NH+](CC(=O)Nc1ccc(S(=O)(=O)N2CCCC2)cc1)Cc1ccccc1. The Labute approximate surface area is 167 Å². The first-order chi connectivity index (χ1) is 13.5. The van der Waals surface area contributed by atoms with Gasteiger partial charge in [-0.2, -0.15) is 4.31 Å². The summed E-state index contributed by atoms with van der Waals surface area (Å²) in [5.74, 6) is -0.0806. The second-order valence-corrected chi connectivity index (χ2v) is 9.06. The van der Waals surface area contributed by atoms with E-state index in [1.54, 1.807) is 24.3 Å². The van der Waals surface area contributed by atoms with E-state index < -0.39 is 10.0 Å². The zero-order valence-corrected chi connectivity index (χ0v) is 17.0. The maximum absolute atomic E-state index is 12.6. The smallest absolute Gasteiger partial charge is 0.279 e. The number of carbonyl (C=O) groups is 1. The van der Waals surface area contributed by atoms with Gasteiger partial charge in [-0.1, -0.05) is 30.3 Å². The Morgan fingerprint density at radius 2 is 1.68 bits per heavy atom. The zero-order chi connectivity index (χ0) is 20.0. The van der Waals surface area contributed by atoms with Crippen molar-refractivity contribution in [3.05, 3.63) is 60.2 Å². The minimum Gasteiger partial charge on any atom is -0.324 e. The summed E-state index contributed by atoms with van der Waals surface area (Å²) in [7, 11) is -3.42. The van der Waals surface area contributed by atoms with Crippen LogP contribution in [0.5, 0.6) is 0 Å². The van der Waals surface area contributed by atoms with E-state index in [4.69, 9.17) is 0 Å². The van der Waals surface area contributed by atoms with Crippen LogP contribution in [0.4, 0.5) is 5.69 Å². The quantitative estimate of drug-likeness (QED) is 0.703. The Kier molecular flexibility index (Phi) is 6.83. The topological polar surface area (TPSA) is 70.9 Å². The number of nitrogens with zero attached hydrogens (tertiary/aromatic N) is 1. The van der Waals surface area contributed by atoms with Gasteiger partial charge in [-0.05, 0) is 44.0 Å². The normalized spacial score (nSPS) is 16.0. The molecule has 2 aromatic carbocycles. The average Bonchev–Trinajstić information content (AvgIpc) is 3.24. The van der Waals surface area contributed by atoms with Crippen molar-refractivity contribution < 1.29 is 18.1 Å². The number of rotatable bonds is 8. The third-order valence-corrected chi connectivity index (χ3v) is 6.96. The molecule has 0 radical (unpaired) electrons. The number of amides is 1. The lowest BCUT2D eigenvalue weighted by Gasteiger charge is -2.18. The molecule has 0 aromatic heterocycles. The van der Waals surface area contributed by atoms with Crippen molar-refractivity contribution >= 4 is 21.6 Å². The minimum atomic E-state index is -3.42. The minimum absolute atomic E-state index is 0.0806. The fourth-order valence-electron chi connectivity index (χ4n) is 3.42. The largest absolute Gasteiger partial charge is 0.324 e. The fourth-order valence-corrected chi connectivity index (χ4v) is 4.93. The molecule has 6 nitrogen and oxygen atoms in total. The van der Waals surface area contributed by atoms with Crippen molar-refractivity contribution in [2.24, 2.45) is 0 Å². The van der Waals surface area contributed by atoms with Crippen LogP contribution >= 0.6 is 0 Å². The lowest BCUT2D eigenvalue weighted by molar-refractivity contribution is -0.903. The van der Waals surface area contributed by atoms with Gasteiger partial charge in [0.05, 0.1) is 11.4 Å². The van der Waals surface area contributed by atoms with Gasteiger partial charge in [0.25, 0.3) is 5.91 Å². The summed E-state index contributed by atoms with van der Waals surface area (Å²) in [6.07, 6.45) is 1.82. The molecule has 1 aliphatic rings. The highest BCUT2D eigenvalue weighted by Crippen LogP contribution is 2.22. The van der Waals surface area contributed by atoms with Crippen molar-refractivity contribution in [3.8, 4) is 0 Å². The number of carbonyl (C=O) groups excluding carboxylic acids is 1. The summed E-state index contributed by atoms with van der Waals surface area (Å²) in [5.41, 5.74) is 1.81. The summed E-state index contributed by atoms with van der Waals surface area (Å²) >= 11 is 0. The van der Waals surface area contributed by atoms with Gasteiger partial charge in [0.15, 0.2) is 6.54 Å². The maximum Gasteiger partial charge on any atom is 0.279 e. The molecule has 1 unspecified atom stereocenters. The highest BCUT2D eigenvalue weighted by atomic mass is 32.2. The Hall–Kier alpha value is -2.22. The highest BCUT2D eigenvalue weighted by molar-refractivity contribution is 7.89. The third-order valence-electron chi connectivity index (χ3n) is 5.05. The Balaban J connectivity index is 1.58. The molecule has 2 N–H and O–H groups in total. The van der Waals surface area contributed by atoms with Crippen LogP contribution in [-0.2, 0) is 21.4 Å². The van der Waals surface area contributed by atoms with E-state index in [1.807, 2.05) is 18.2 Å². The van der Waals surface area contributed by atoms with E-state index in [-0.39, 0.29) is 10.8 Å². The van der Waals surface area contributed by atoms with Gasteiger partial charge < -0.3 is 10.2 Å². The average molecular weight is 403 g/mol. The van der Waals surface area contributed by atoms with Crippen LogP contribution in [0.3, 0.4) is 0 Å². The Bertz CT molecular complexity index is 877. The van der Waals surface area contributed by atoms with Crippen LogP contribution in [-0.4, -0.2) is 44.8 Å². The first kappa shape index (κ1) is 20.5. The first-order valence-corrected chi connectivity index (χ1v) is 11.2. The van der Waals surface area contributed by atoms with Crippen LogP contribution in [0.15, 0.2) is 59.5 Å². The van der Waals surface area contributed by atoms with Crippen LogP contribution in [0.1, 0.15) is 25.3 Å². The number of quaternary nitrogens is 1. The summed E-state index contributed by atoms with van der Waals surface area (Å²) in [5, 5.41) is 2.87. The van der Waals surface area contributed by atoms with Crippen LogP contribution in [0.2, 0.25) is 0 Å². The van der Waals surface area contributed by atoms with E-state index >= 15 is 0 Å². The number of sulfonamides is 1. The number of likely N-dealkylation sites (N-methyl/N-ethyl adjacent to an activating group) is 1. The molecule has 28 heavy (non-hydrogen) atoms. The van der Waals surface area contributed by atoms with E-state index in [9.17, 15) is 13.2 Å². The van der Waals surface area contributed by atoms with Gasteiger partial charge in [0.2, 0.25) is 10.0 Å². The summed E-state index contributed by atoms with van der Waals surface area (Å²) < 4.78 is 26.6. The molecule has 0 bridgehead atoms. The van der Waals surface area contributed by atoms with Gasteiger partial charge in [-0.3, -0.25) is 4.79 Å². The number of hydrogen-bond donors (Lipinski definition) is 2. The molecule has 0 saturated carbocycles. The van der Waals surface area contributed by atoms with Gasteiger partial charge in [-0.15, -0.1) is 0 Å². The molecule has 1 amide bonds. The zero-order valence-electron chi connectivity index (χ0n) is 16.2. The second kappa shape index (κ2) is 9.32. The molecular formula is C21H28N3O3S+. The standard InChI is InChI=1S/C21H27N3O3S/c1-2-23(16-18-8-4-3-5-9-18)17-21(25)22-19-10-12-20(13-11-19)28(26,27)24-14-6-7-15-24/h3-5,8-13H,2,6-7,14-17H2,1H3,(H,22,25)/p+1. The number of nitrogens with one attached hydrogen (secondary N) is 2. The van der Waals surface area contributed by atoms with Crippen molar-refractivity contribution in [3.63, 3.8) is 0 Å². The molecule has 3 rings (SSSR count). The first-order valence-electron chi connectivity index (χ1n) is 9.76. The molecule has 2 aromatic rings. The van der Waals surface area contributed by atoms with E-state index in [1.165, 1.54) is 9.87 Å². The predicted octanol–water partition coefficient (Wildman–Crippen LogP) is 1.51. The molecule has 1 heterocycles. The number of benzene rings is 2. The molecule has 1 fully saturated rings. The molecule has 7 heteroatoms. The number of anilines is 1.